The Morgan fingerprint density at radius 3 is 2.35 bits per heavy atom. The van der Waals surface area contributed by atoms with Crippen molar-refractivity contribution in [3.63, 3.8) is 0 Å². The molecular weight excluding hydrogens is 244 g/mol. The average Bonchev–Trinajstić information content (AvgIpc) is 2.47. The van der Waals surface area contributed by atoms with Crippen LogP contribution in [0.3, 0.4) is 0 Å². The van der Waals surface area contributed by atoms with Crippen molar-refractivity contribution in [2.24, 2.45) is 17.3 Å². The Balaban J connectivity index is 1.98. The van der Waals surface area contributed by atoms with Gasteiger partial charge in [0.05, 0.1) is 0 Å². The molecule has 3 atom stereocenters. The molecule has 20 heavy (non-hydrogen) atoms. The summed E-state index contributed by atoms with van der Waals surface area (Å²) < 4.78 is 0. The molecule has 1 aliphatic heterocycles. The minimum absolute atomic E-state index is 0.609. The van der Waals surface area contributed by atoms with Crippen LogP contribution in [0, 0.1) is 17.3 Å². The van der Waals surface area contributed by atoms with Crippen molar-refractivity contribution in [3.8, 4) is 0 Å². The number of likely N-dealkylation sites (tertiary alicyclic amines) is 1. The summed E-state index contributed by atoms with van der Waals surface area (Å²) >= 11 is 0. The maximum absolute atomic E-state index is 3.60. The molecule has 2 aliphatic rings. The summed E-state index contributed by atoms with van der Waals surface area (Å²) in [5.41, 5.74) is 0.609. The largest absolute Gasteiger partial charge is 0.315 e. The summed E-state index contributed by atoms with van der Waals surface area (Å²) in [6.45, 7) is 12.3. The predicted octanol–water partition coefficient (Wildman–Crippen LogP) is 3.91. The Labute approximate surface area is 126 Å². The van der Waals surface area contributed by atoms with Gasteiger partial charge in [0, 0.05) is 12.1 Å². The zero-order chi connectivity index (χ0) is 14.8. The van der Waals surface area contributed by atoms with Gasteiger partial charge in [0.15, 0.2) is 0 Å². The lowest BCUT2D eigenvalue weighted by molar-refractivity contribution is 0.0326. The van der Waals surface area contributed by atoms with Crippen LogP contribution in [0.5, 0.6) is 0 Å². The van der Waals surface area contributed by atoms with E-state index in [1.807, 2.05) is 0 Å². The molecule has 2 nitrogen and oxygen atoms in total. The van der Waals surface area contributed by atoms with Crippen LogP contribution in [-0.4, -0.2) is 37.1 Å². The fourth-order valence-electron chi connectivity index (χ4n) is 4.27. The monoisotopic (exact) mass is 280 g/mol. The first-order valence-electron chi connectivity index (χ1n) is 8.90. The highest BCUT2D eigenvalue weighted by atomic mass is 15.2. The van der Waals surface area contributed by atoms with E-state index in [0.717, 1.165) is 23.9 Å². The predicted molar refractivity (Wildman–Crippen MR) is 88.0 cm³/mol. The van der Waals surface area contributed by atoms with Crippen LogP contribution < -0.4 is 5.32 Å². The number of hydrogen-bond acceptors (Lipinski definition) is 2. The zero-order valence-corrected chi connectivity index (χ0v) is 14.4. The van der Waals surface area contributed by atoms with Gasteiger partial charge in [-0.25, -0.2) is 0 Å². The second kappa shape index (κ2) is 6.79. The third-order valence-corrected chi connectivity index (χ3v) is 6.50. The molecular formula is C18H36N2. The first-order valence-corrected chi connectivity index (χ1v) is 8.90. The normalized spacial score (nSPS) is 35.4. The van der Waals surface area contributed by atoms with Crippen molar-refractivity contribution < 1.29 is 0 Å². The topological polar surface area (TPSA) is 15.3 Å². The molecule has 0 aromatic rings. The maximum atomic E-state index is 3.60. The highest BCUT2D eigenvalue weighted by molar-refractivity contribution is 4.94. The van der Waals surface area contributed by atoms with Crippen LogP contribution >= 0.6 is 0 Å². The summed E-state index contributed by atoms with van der Waals surface area (Å²) in [7, 11) is 2.16. The second-order valence-corrected chi connectivity index (χ2v) is 7.98. The molecule has 0 radical (unpaired) electrons. The van der Waals surface area contributed by atoms with Gasteiger partial charge in [0.1, 0.15) is 0 Å². The number of nitrogens with one attached hydrogen (secondary N) is 1. The Bertz CT molecular complexity index is 292. The summed E-state index contributed by atoms with van der Waals surface area (Å²) in [5.74, 6) is 1.78. The van der Waals surface area contributed by atoms with Crippen LogP contribution in [-0.2, 0) is 0 Å². The van der Waals surface area contributed by atoms with Crippen molar-refractivity contribution in [1.82, 2.24) is 10.2 Å². The first kappa shape index (κ1) is 16.3. The summed E-state index contributed by atoms with van der Waals surface area (Å²) in [5, 5.41) is 3.60. The van der Waals surface area contributed by atoms with Gasteiger partial charge in [-0.2, -0.15) is 0 Å². The SMILES string of the molecule is CCC1(C)CCN(C2CC(C(C)C)CCC2NC)CC1. The average molecular weight is 281 g/mol. The number of nitrogens with zero attached hydrogens (tertiary/aromatic N) is 1. The summed E-state index contributed by atoms with van der Waals surface area (Å²) in [6, 6.07) is 1.50. The fourth-order valence-corrected chi connectivity index (χ4v) is 4.27. The maximum Gasteiger partial charge on any atom is 0.0251 e. The van der Waals surface area contributed by atoms with E-state index in [0.29, 0.717) is 5.41 Å². The van der Waals surface area contributed by atoms with E-state index in [1.165, 1.54) is 51.6 Å². The van der Waals surface area contributed by atoms with Crippen LogP contribution in [0.4, 0.5) is 0 Å². The van der Waals surface area contributed by atoms with Gasteiger partial charge in [-0.15, -0.1) is 0 Å². The van der Waals surface area contributed by atoms with Gasteiger partial charge in [0.2, 0.25) is 0 Å². The van der Waals surface area contributed by atoms with E-state index >= 15 is 0 Å². The lowest BCUT2D eigenvalue weighted by Gasteiger charge is -2.48. The molecule has 0 aromatic carbocycles. The molecule has 1 saturated heterocycles. The van der Waals surface area contributed by atoms with Gasteiger partial charge in [-0.3, -0.25) is 4.90 Å². The fraction of sp³-hybridized carbons (Fsp3) is 1.00. The minimum atomic E-state index is 0.609. The Morgan fingerprint density at radius 2 is 1.85 bits per heavy atom. The molecule has 1 aliphatic carbocycles. The smallest absolute Gasteiger partial charge is 0.0251 e. The summed E-state index contributed by atoms with van der Waals surface area (Å²) in [4.78, 5) is 2.81. The third-order valence-electron chi connectivity index (χ3n) is 6.50. The molecule has 0 aromatic heterocycles. The lowest BCUT2D eigenvalue weighted by atomic mass is 9.74. The van der Waals surface area contributed by atoms with E-state index < -0.39 is 0 Å². The van der Waals surface area contributed by atoms with Crippen molar-refractivity contribution in [3.05, 3.63) is 0 Å². The molecule has 118 valence electrons. The van der Waals surface area contributed by atoms with E-state index in [-0.39, 0.29) is 0 Å². The number of likely N-dealkylation sites (N-methyl/N-ethyl adjacent to an activating group) is 1. The van der Waals surface area contributed by atoms with Gasteiger partial charge < -0.3 is 5.32 Å². The molecule has 3 unspecified atom stereocenters. The van der Waals surface area contributed by atoms with Crippen molar-refractivity contribution in [2.75, 3.05) is 20.1 Å². The quantitative estimate of drug-likeness (QED) is 0.840. The molecule has 1 N–H and O–H groups in total. The number of hydrogen-bond donors (Lipinski definition) is 1. The molecule has 0 bridgehead atoms. The third kappa shape index (κ3) is 3.57. The highest BCUT2D eigenvalue weighted by Crippen LogP contribution is 2.38. The van der Waals surface area contributed by atoms with Gasteiger partial charge in [0.25, 0.3) is 0 Å². The summed E-state index contributed by atoms with van der Waals surface area (Å²) in [6.07, 6.45) is 8.32. The Hall–Kier alpha value is -0.0800. The lowest BCUT2D eigenvalue weighted by Crippen LogP contribution is -2.55. The zero-order valence-electron chi connectivity index (χ0n) is 14.4. The molecule has 2 fully saturated rings. The van der Waals surface area contributed by atoms with Crippen molar-refractivity contribution in [1.29, 1.82) is 0 Å². The first-order chi connectivity index (χ1) is 9.49. The van der Waals surface area contributed by atoms with Crippen molar-refractivity contribution >= 4 is 0 Å². The minimum Gasteiger partial charge on any atom is -0.315 e. The van der Waals surface area contributed by atoms with E-state index in [2.05, 4.69) is 45.0 Å². The number of rotatable bonds is 4. The molecule has 2 rings (SSSR count). The van der Waals surface area contributed by atoms with Gasteiger partial charge >= 0.3 is 0 Å². The van der Waals surface area contributed by atoms with E-state index in [4.69, 9.17) is 0 Å². The second-order valence-electron chi connectivity index (χ2n) is 7.98. The van der Waals surface area contributed by atoms with Gasteiger partial charge in [-0.05, 0) is 69.5 Å². The molecule has 1 heterocycles. The molecule has 2 heteroatoms. The van der Waals surface area contributed by atoms with E-state index in [1.54, 1.807) is 0 Å². The Kier molecular flexibility index (Phi) is 5.53. The van der Waals surface area contributed by atoms with Crippen LogP contribution in [0.15, 0.2) is 0 Å². The standard InChI is InChI=1S/C18H36N2/c1-6-18(4)9-11-20(12-10-18)17-13-15(14(2)3)7-8-16(17)19-5/h14-17,19H,6-13H2,1-5H3. The highest BCUT2D eigenvalue weighted by Gasteiger charge is 2.38. The van der Waals surface area contributed by atoms with E-state index in [9.17, 15) is 0 Å². The van der Waals surface area contributed by atoms with Crippen LogP contribution in [0.25, 0.3) is 0 Å². The van der Waals surface area contributed by atoms with Crippen LogP contribution in [0.2, 0.25) is 0 Å². The number of piperidine rings is 1. The Morgan fingerprint density at radius 1 is 1.20 bits per heavy atom. The molecule has 1 saturated carbocycles. The van der Waals surface area contributed by atoms with Crippen molar-refractivity contribution in [2.45, 2.75) is 78.3 Å². The molecule has 0 amide bonds. The molecule has 0 spiro atoms. The van der Waals surface area contributed by atoms with Crippen LogP contribution in [0.1, 0.15) is 66.2 Å². The van der Waals surface area contributed by atoms with Gasteiger partial charge in [-0.1, -0.05) is 34.1 Å².